The first-order chi connectivity index (χ1) is 11.0. The Balaban J connectivity index is 1.84. The van der Waals surface area contributed by atoms with Gasteiger partial charge < -0.3 is 9.84 Å². The largest absolute Gasteiger partial charge is 0.491 e. The fourth-order valence-electron chi connectivity index (χ4n) is 2.17. The second-order valence-corrected chi connectivity index (χ2v) is 6.33. The van der Waals surface area contributed by atoms with Gasteiger partial charge in [0.1, 0.15) is 18.5 Å². The average molecular weight is 336 g/mol. The number of nitrogens with zero attached hydrogens (tertiary/aromatic N) is 2. The summed E-state index contributed by atoms with van der Waals surface area (Å²) in [6.45, 7) is 2.62. The predicted octanol–water partition coefficient (Wildman–Crippen LogP) is 3.09. The zero-order chi connectivity index (χ0) is 16.8. The molecule has 0 amide bonds. The average Bonchev–Trinajstić information content (AvgIpc) is 3.06. The van der Waals surface area contributed by atoms with Gasteiger partial charge >= 0.3 is 0 Å². The number of hydrogen-bond acceptors (Lipinski definition) is 6. The zero-order valence-corrected chi connectivity index (χ0v) is 13.9. The third-order valence-corrected chi connectivity index (χ3v) is 4.63. The minimum atomic E-state index is -0.679. The molecule has 0 radical (unpaired) electrons. The zero-order valence-electron chi connectivity index (χ0n) is 13.1. The number of ether oxygens (including phenoxy) is 1. The van der Waals surface area contributed by atoms with E-state index in [2.05, 4.69) is 13.0 Å². The highest BCUT2D eigenvalue weighted by Gasteiger charge is 2.17. The number of rotatable bonds is 8. The van der Waals surface area contributed by atoms with Gasteiger partial charge in [-0.3, -0.25) is 15.0 Å². The van der Waals surface area contributed by atoms with Crippen LogP contribution in [-0.2, 0) is 0 Å². The molecule has 1 heterocycles. The van der Waals surface area contributed by atoms with Crippen LogP contribution in [0.25, 0.3) is 0 Å². The van der Waals surface area contributed by atoms with Gasteiger partial charge in [0.15, 0.2) is 0 Å². The van der Waals surface area contributed by atoms with Gasteiger partial charge in [-0.1, -0.05) is 12.1 Å². The molecule has 0 aliphatic rings. The molecule has 1 aromatic heterocycles. The van der Waals surface area contributed by atoms with Crippen LogP contribution in [0, 0.1) is 10.1 Å². The molecular weight excluding hydrogens is 316 g/mol. The minimum Gasteiger partial charge on any atom is -0.491 e. The van der Waals surface area contributed by atoms with Gasteiger partial charge in [0.2, 0.25) is 0 Å². The Morgan fingerprint density at radius 3 is 2.83 bits per heavy atom. The predicted molar refractivity (Wildman–Crippen MR) is 90.0 cm³/mol. The Hall–Kier alpha value is -1.96. The molecule has 0 aliphatic heterocycles. The van der Waals surface area contributed by atoms with E-state index in [-0.39, 0.29) is 18.3 Å². The third kappa shape index (κ3) is 5.02. The number of likely N-dealkylation sites (N-methyl/N-ethyl adjacent to an activating group) is 1. The highest BCUT2D eigenvalue weighted by atomic mass is 32.1. The van der Waals surface area contributed by atoms with Gasteiger partial charge in [-0.2, -0.15) is 0 Å². The maximum Gasteiger partial charge on any atom is 0.273 e. The number of benzene rings is 1. The standard InChI is InChI=1S/C16H20N2O4S/c1-12(16-7-4-8-23-16)17(2)10-14(19)11-22-15-6-3-5-13(9-15)18(20)21/h3-9,12,14,19H,10-11H2,1-2H3. The van der Waals surface area contributed by atoms with E-state index in [1.807, 2.05) is 23.4 Å². The quantitative estimate of drug-likeness (QED) is 0.592. The highest BCUT2D eigenvalue weighted by molar-refractivity contribution is 7.10. The van der Waals surface area contributed by atoms with Crippen molar-refractivity contribution >= 4 is 17.0 Å². The van der Waals surface area contributed by atoms with Crippen LogP contribution in [0.3, 0.4) is 0 Å². The molecule has 124 valence electrons. The van der Waals surface area contributed by atoms with Gasteiger partial charge in [0.25, 0.3) is 5.69 Å². The van der Waals surface area contributed by atoms with Crippen LogP contribution < -0.4 is 4.74 Å². The number of nitro benzene ring substituents is 1. The number of nitro groups is 1. The first-order valence-corrected chi connectivity index (χ1v) is 8.14. The Kier molecular flexibility index (Phi) is 6.09. The monoisotopic (exact) mass is 336 g/mol. The van der Waals surface area contributed by atoms with Crippen molar-refractivity contribution in [3.63, 3.8) is 0 Å². The van der Waals surface area contributed by atoms with Crippen LogP contribution >= 0.6 is 11.3 Å². The van der Waals surface area contributed by atoms with Crippen LogP contribution in [0.5, 0.6) is 5.75 Å². The number of hydrogen-bond donors (Lipinski definition) is 1. The molecule has 0 fully saturated rings. The molecule has 2 unspecified atom stereocenters. The van der Waals surface area contributed by atoms with Crippen molar-refractivity contribution in [2.24, 2.45) is 0 Å². The molecule has 2 aromatic rings. The van der Waals surface area contributed by atoms with Gasteiger partial charge in [-0.15, -0.1) is 11.3 Å². The van der Waals surface area contributed by atoms with E-state index in [0.29, 0.717) is 12.3 Å². The summed E-state index contributed by atoms with van der Waals surface area (Å²) in [5.74, 6) is 0.382. The van der Waals surface area contributed by atoms with Crippen molar-refractivity contribution in [1.82, 2.24) is 4.90 Å². The summed E-state index contributed by atoms with van der Waals surface area (Å²) < 4.78 is 5.45. The summed E-state index contributed by atoms with van der Waals surface area (Å²) in [5, 5.41) is 22.9. The molecule has 1 N–H and O–H groups in total. The van der Waals surface area contributed by atoms with Crippen LogP contribution in [0.4, 0.5) is 5.69 Å². The normalized spacial score (nSPS) is 13.7. The lowest BCUT2D eigenvalue weighted by atomic mass is 10.2. The van der Waals surface area contributed by atoms with E-state index in [4.69, 9.17) is 4.74 Å². The Morgan fingerprint density at radius 2 is 2.17 bits per heavy atom. The minimum absolute atomic E-state index is 0.0274. The van der Waals surface area contributed by atoms with E-state index in [1.165, 1.54) is 17.0 Å². The van der Waals surface area contributed by atoms with Crippen LogP contribution in [0.15, 0.2) is 41.8 Å². The van der Waals surface area contributed by atoms with Crippen molar-refractivity contribution < 1.29 is 14.8 Å². The molecule has 23 heavy (non-hydrogen) atoms. The first kappa shape index (κ1) is 17.4. The van der Waals surface area contributed by atoms with E-state index < -0.39 is 11.0 Å². The summed E-state index contributed by atoms with van der Waals surface area (Å²) in [6.07, 6.45) is -0.679. The van der Waals surface area contributed by atoms with Crippen molar-refractivity contribution in [3.05, 3.63) is 56.8 Å². The topological polar surface area (TPSA) is 75.8 Å². The van der Waals surface area contributed by atoms with E-state index in [1.54, 1.807) is 23.5 Å². The number of non-ortho nitro benzene ring substituents is 1. The SMILES string of the molecule is CC(c1cccs1)N(C)CC(O)COc1cccc([N+](=O)[O-])c1. The molecule has 0 bridgehead atoms. The summed E-state index contributed by atoms with van der Waals surface area (Å²) in [6, 6.07) is 10.2. The van der Waals surface area contributed by atoms with Crippen LogP contribution in [0.2, 0.25) is 0 Å². The molecule has 0 saturated heterocycles. The molecule has 0 spiro atoms. The lowest BCUT2D eigenvalue weighted by Crippen LogP contribution is -2.34. The Bertz CT molecular complexity index is 633. The van der Waals surface area contributed by atoms with Crippen molar-refractivity contribution in [1.29, 1.82) is 0 Å². The molecule has 2 rings (SSSR count). The molecule has 7 heteroatoms. The third-order valence-electron chi connectivity index (χ3n) is 3.59. The number of aliphatic hydroxyl groups is 1. The molecule has 0 saturated carbocycles. The fourth-order valence-corrected chi connectivity index (χ4v) is 3.02. The first-order valence-electron chi connectivity index (χ1n) is 7.26. The van der Waals surface area contributed by atoms with Gasteiger partial charge in [0.05, 0.1) is 11.0 Å². The van der Waals surface area contributed by atoms with Crippen molar-refractivity contribution in [2.75, 3.05) is 20.2 Å². The summed E-state index contributed by atoms with van der Waals surface area (Å²) in [5.41, 5.74) is -0.0274. The smallest absolute Gasteiger partial charge is 0.273 e. The summed E-state index contributed by atoms with van der Waals surface area (Å²) in [4.78, 5) is 13.5. The van der Waals surface area contributed by atoms with E-state index >= 15 is 0 Å². The maximum atomic E-state index is 10.7. The number of thiophene rings is 1. The molecule has 6 nitrogen and oxygen atoms in total. The van der Waals surface area contributed by atoms with Gasteiger partial charge in [-0.25, -0.2) is 0 Å². The van der Waals surface area contributed by atoms with Crippen molar-refractivity contribution in [2.45, 2.75) is 19.1 Å². The molecule has 0 aliphatic carbocycles. The Labute approximate surface area is 139 Å². The Morgan fingerprint density at radius 1 is 1.39 bits per heavy atom. The highest BCUT2D eigenvalue weighted by Crippen LogP contribution is 2.23. The molecular formula is C16H20N2O4S. The summed E-state index contributed by atoms with van der Waals surface area (Å²) in [7, 11) is 1.95. The lowest BCUT2D eigenvalue weighted by molar-refractivity contribution is -0.384. The fraction of sp³-hybridized carbons (Fsp3) is 0.375. The van der Waals surface area contributed by atoms with Crippen molar-refractivity contribution in [3.8, 4) is 5.75 Å². The number of aliphatic hydroxyl groups excluding tert-OH is 1. The van der Waals surface area contributed by atoms with E-state index in [9.17, 15) is 15.2 Å². The van der Waals surface area contributed by atoms with Crippen LogP contribution in [0.1, 0.15) is 17.8 Å². The summed E-state index contributed by atoms with van der Waals surface area (Å²) >= 11 is 1.68. The maximum absolute atomic E-state index is 10.7. The van der Waals surface area contributed by atoms with E-state index in [0.717, 1.165) is 0 Å². The molecule has 2 atom stereocenters. The van der Waals surface area contributed by atoms with Crippen LogP contribution in [-0.4, -0.2) is 41.2 Å². The second kappa shape index (κ2) is 8.05. The van der Waals surface area contributed by atoms with Gasteiger partial charge in [-0.05, 0) is 31.5 Å². The second-order valence-electron chi connectivity index (χ2n) is 5.35. The molecule has 1 aromatic carbocycles. The lowest BCUT2D eigenvalue weighted by Gasteiger charge is -2.26. The van der Waals surface area contributed by atoms with Gasteiger partial charge in [0, 0.05) is 23.5 Å².